The third-order valence-electron chi connectivity index (χ3n) is 3.81. The van der Waals surface area contributed by atoms with E-state index in [4.69, 9.17) is 5.73 Å². The van der Waals surface area contributed by atoms with E-state index < -0.39 is 10.0 Å². The summed E-state index contributed by atoms with van der Waals surface area (Å²) in [7, 11) is -0.429. The number of carbonyl (C=O) groups excluding carboxylic acids is 1. The van der Waals surface area contributed by atoms with Crippen molar-refractivity contribution < 1.29 is 13.2 Å². The first kappa shape index (κ1) is 18.6. The number of rotatable bonds is 6. The van der Waals surface area contributed by atoms with Crippen molar-refractivity contribution in [3.63, 3.8) is 0 Å². The van der Waals surface area contributed by atoms with Crippen molar-refractivity contribution in [2.24, 2.45) is 5.73 Å². The SMILES string of the molecule is CC(CN)N(C)C(=O)c1cccc(S(=O)(=O)N(C)C(C)C)c1. The fourth-order valence-electron chi connectivity index (χ4n) is 1.80. The molecule has 0 aliphatic rings. The molecule has 124 valence electrons. The molecule has 7 heteroatoms. The molecule has 1 aromatic rings. The fourth-order valence-corrected chi connectivity index (χ4v) is 3.21. The summed E-state index contributed by atoms with van der Waals surface area (Å²) in [5.41, 5.74) is 5.90. The number of carbonyl (C=O) groups is 1. The fraction of sp³-hybridized carbons (Fsp3) is 0.533. The zero-order valence-corrected chi connectivity index (χ0v) is 14.6. The highest BCUT2D eigenvalue weighted by Gasteiger charge is 2.25. The Bertz CT molecular complexity index is 629. The van der Waals surface area contributed by atoms with Crippen LogP contribution < -0.4 is 5.73 Å². The summed E-state index contributed by atoms with van der Waals surface area (Å²) in [4.78, 5) is 14.0. The second kappa shape index (κ2) is 7.21. The molecule has 1 unspecified atom stereocenters. The van der Waals surface area contributed by atoms with Gasteiger partial charge in [-0.25, -0.2) is 8.42 Å². The Morgan fingerprint density at radius 1 is 1.23 bits per heavy atom. The van der Waals surface area contributed by atoms with E-state index in [1.807, 2.05) is 6.92 Å². The van der Waals surface area contributed by atoms with Crippen LogP contribution >= 0.6 is 0 Å². The third-order valence-corrected chi connectivity index (χ3v) is 5.84. The van der Waals surface area contributed by atoms with Gasteiger partial charge in [0.25, 0.3) is 5.91 Å². The molecule has 22 heavy (non-hydrogen) atoms. The minimum Gasteiger partial charge on any atom is -0.338 e. The topological polar surface area (TPSA) is 83.7 Å². The van der Waals surface area contributed by atoms with Gasteiger partial charge in [0.1, 0.15) is 0 Å². The van der Waals surface area contributed by atoms with Crippen LogP contribution in [0, 0.1) is 0 Å². The Morgan fingerprint density at radius 3 is 2.32 bits per heavy atom. The highest BCUT2D eigenvalue weighted by Crippen LogP contribution is 2.19. The molecular weight excluding hydrogens is 302 g/mol. The van der Waals surface area contributed by atoms with Gasteiger partial charge >= 0.3 is 0 Å². The molecule has 0 aromatic heterocycles. The van der Waals surface area contributed by atoms with Crippen molar-refractivity contribution in [2.45, 2.75) is 37.8 Å². The highest BCUT2D eigenvalue weighted by atomic mass is 32.2. The lowest BCUT2D eigenvalue weighted by molar-refractivity contribution is 0.0748. The van der Waals surface area contributed by atoms with E-state index >= 15 is 0 Å². The second-order valence-corrected chi connectivity index (χ2v) is 7.64. The van der Waals surface area contributed by atoms with Crippen molar-refractivity contribution in [3.8, 4) is 0 Å². The molecule has 0 heterocycles. The molecule has 0 fully saturated rings. The number of sulfonamides is 1. The molecule has 1 rings (SSSR count). The van der Waals surface area contributed by atoms with E-state index in [1.54, 1.807) is 33.0 Å². The summed E-state index contributed by atoms with van der Waals surface area (Å²) in [6, 6.07) is 5.81. The van der Waals surface area contributed by atoms with Crippen molar-refractivity contribution in [1.29, 1.82) is 0 Å². The van der Waals surface area contributed by atoms with Crippen LogP contribution in [0.1, 0.15) is 31.1 Å². The number of nitrogens with two attached hydrogens (primary N) is 1. The zero-order valence-electron chi connectivity index (χ0n) is 13.8. The number of hydrogen-bond donors (Lipinski definition) is 1. The van der Waals surface area contributed by atoms with Crippen LogP contribution in [-0.2, 0) is 10.0 Å². The normalized spacial score (nSPS) is 13.5. The molecule has 1 aromatic carbocycles. The molecule has 0 aliphatic carbocycles. The van der Waals surface area contributed by atoms with E-state index in [9.17, 15) is 13.2 Å². The maximum Gasteiger partial charge on any atom is 0.253 e. The van der Waals surface area contributed by atoms with E-state index in [2.05, 4.69) is 0 Å². The molecule has 1 amide bonds. The van der Waals surface area contributed by atoms with Gasteiger partial charge in [-0.2, -0.15) is 4.31 Å². The Morgan fingerprint density at radius 2 is 1.82 bits per heavy atom. The van der Waals surface area contributed by atoms with E-state index in [0.717, 1.165) is 0 Å². The smallest absolute Gasteiger partial charge is 0.253 e. The Kier molecular flexibility index (Phi) is 6.10. The molecule has 0 saturated carbocycles. The molecule has 0 spiro atoms. The van der Waals surface area contributed by atoms with Crippen molar-refractivity contribution in [3.05, 3.63) is 29.8 Å². The summed E-state index contributed by atoms with van der Waals surface area (Å²) >= 11 is 0. The van der Waals surface area contributed by atoms with Gasteiger partial charge in [0.2, 0.25) is 10.0 Å². The van der Waals surface area contributed by atoms with Gasteiger partial charge in [-0.15, -0.1) is 0 Å². The van der Waals surface area contributed by atoms with Gasteiger partial charge < -0.3 is 10.6 Å². The van der Waals surface area contributed by atoms with Crippen molar-refractivity contribution >= 4 is 15.9 Å². The number of nitrogens with zero attached hydrogens (tertiary/aromatic N) is 2. The Balaban J connectivity index is 3.18. The highest BCUT2D eigenvalue weighted by molar-refractivity contribution is 7.89. The average Bonchev–Trinajstić information content (AvgIpc) is 2.51. The number of amides is 1. The van der Waals surface area contributed by atoms with Gasteiger partial charge in [0.05, 0.1) is 4.90 Å². The predicted molar refractivity (Wildman–Crippen MR) is 87.1 cm³/mol. The lowest BCUT2D eigenvalue weighted by Crippen LogP contribution is -2.39. The van der Waals surface area contributed by atoms with Crippen LogP contribution in [0.5, 0.6) is 0 Å². The van der Waals surface area contributed by atoms with Gasteiger partial charge in [-0.05, 0) is 39.0 Å². The zero-order chi connectivity index (χ0) is 17.1. The van der Waals surface area contributed by atoms with Crippen LogP contribution in [0.2, 0.25) is 0 Å². The summed E-state index contributed by atoms with van der Waals surface area (Å²) in [6.45, 7) is 5.77. The first-order chi connectivity index (χ1) is 10.1. The van der Waals surface area contributed by atoms with Crippen LogP contribution in [0.4, 0.5) is 0 Å². The first-order valence-electron chi connectivity index (χ1n) is 7.18. The van der Waals surface area contributed by atoms with Gasteiger partial charge in [-0.3, -0.25) is 4.79 Å². The Hall–Kier alpha value is -1.44. The van der Waals surface area contributed by atoms with E-state index in [1.165, 1.54) is 28.4 Å². The largest absolute Gasteiger partial charge is 0.338 e. The minimum absolute atomic E-state index is 0.114. The molecule has 6 nitrogen and oxygen atoms in total. The second-order valence-electron chi connectivity index (χ2n) is 5.64. The molecule has 0 saturated heterocycles. The quantitative estimate of drug-likeness (QED) is 0.849. The van der Waals surface area contributed by atoms with Crippen molar-refractivity contribution in [1.82, 2.24) is 9.21 Å². The Labute approximate surface area is 132 Å². The van der Waals surface area contributed by atoms with Gasteiger partial charge in [0, 0.05) is 38.3 Å². The molecule has 0 aliphatic heterocycles. The summed E-state index contributed by atoms with van der Waals surface area (Å²) in [6.07, 6.45) is 0. The summed E-state index contributed by atoms with van der Waals surface area (Å²) in [5, 5.41) is 0. The average molecular weight is 327 g/mol. The molecule has 2 N–H and O–H groups in total. The van der Waals surface area contributed by atoms with Crippen LogP contribution in [0.3, 0.4) is 0 Å². The van der Waals surface area contributed by atoms with Crippen LogP contribution in [-0.4, -0.2) is 56.3 Å². The van der Waals surface area contributed by atoms with E-state index in [-0.39, 0.29) is 22.9 Å². The van der Waals surface area contributed by atoms with Crippen molar-refractivity contribution in [2.75, 3.05) is 20.6 Å². The van der Waals surface area contributed by atoms with Gasteiger partial charge in [-0.1, -0.05) is 6.07 Å². The van der Waals surface area contributed by atoms with Crippen LogP contribution in [0.25, 0.3) is 0 Å². The number of hydrogen-bond acceptors (Lipinski definition) is 4. The number of benzene rings is 1. The maximum atomic E-state index is 12.5. The minimum atomic E-state index is -3.61. The molecular formula is C15H25N3O3S. The predicted octanol–water partition coefficient (Wildman–Crippen LogP) is 1.13. The third kappa shape index (κ3) is 3.85. The number of likely N-dealkylation sites (N-methyl/N-ethyl adjacent to an activating group) is 1. The first-order valence-corrected chi connectivity index (χ1v) is 8.62. The summed E-state index contributed by atoms with van der Waals surface area (Å²) in [5.74, 6) is -0.248. The lowest BCUT2D eigenvalue weighted by atomic mass is 10.2. The van der Waals surface area contributed by atoms with Gasteiger partial charge in [0.15, 0.2) is 0 Å². The molecule has 0 bridgehead atoms. The van der Waals surface area contributed by atoms with Crippen LogP contribution in [0.15, 0.2) is 29.2 Å². The monoisotopic (exact) mass is 327 g/mol. The molecule has 1 atom stereocenters. The molecule has 0 radical (unpaired) electrons. The summed E-state index contributed by atoms with van der Waals surface area (Å²) < 4.78 is 26.3. The van der Waals surface area contributed by atoms with E-state index in [0.29, 0.717) is 12.1 Å². The lowest BCUT2D eigenvalue weighted by Gasteiger charge is -2.24. The maximum absolute atomic E-state index is 12.5. The standard InChI is InChI=1S/C15H25N3O3S/c1-11(2)18(5)22(20,21)14-8-6-7-13(9-14)15(19)17(4)12(3)10-16/h6-9,11-12H,10,16H2,1-5H3.